The highest BCUT2D eigenvalue weighted by Crippen LogP contribution is 2.27. The van der Waals surface area contributed by atoms with E-state index < -0.39 is 17.6 Å². The molecular weight excluding hydrogens is 247 g/mol. The van der Waals surface area contributed by atoms with Gasteiger partial charge in [0.1, 0.15) is 0 Å². The highest BCUT2D eigenvalue weighted by Gasteiger charge is 2.16. The third-order valence-corrected chi connectivity index (χ3v) is 1.62. The summed E-state index contributed by atoms with van der Waals surface area (Å²) in [6.45, 7) is -1.13. The third kappa shape index (κ3) is 2.35. The number of aromatic nitrogens is 1. The summed E-state index contributed by atoms with van der Waals surface area (Å²) >= 11 is 3.03. The Labute approximate surface area is 80.8 Å². The van der Waals surface area contributed by atoms with E-state index in [1.807, 2.05) is 0 Å². The molecule has 0 fully saturated rings. The molecule has 5 nitrogen and oxygen atoms in total. The molecule has 7 heteroatoms. The molecule has 0 bridgehead atoms. The Morgan fingerprint density at radius 1 is 1.77 bits per heavy atom. The minimum Gasteiger partial charge on any atom is -0.454 e. The molecule has 0 unspecified atom stereocenters. The predicted octanol–water partition coefficient (Wildman–Crippen LogP) is 2.06. The summed E-state index contributed by atoms with van der Waals surface area (Å²) in [4.78, 5) is 13.1. The topological polar surface area (TPSA) is 65.3 Å². The van der Waals surface area contributed by atoms with Crippen LogP contribution < -0.4 is 4.74 Å². The normalized spacial score (nSPS) is 9.69. The number of alkyl halides is 1. The molecular formula is C6H4BrFN2O3. The van der Waals surface area contributed by atoms with Gasteiger partial charge < -0.3 is 14.9 Å². The number of pyridine rings is 1. The zero-order valence-electron chi connectivity index (χ0n) is 6.24. The summed E-state index contributed by atoms with van der Waals surface area (Å²) in [5.41, 5.74) is 0. The van der Waals surface area contributed by atoms with Crippen molar-refractivity contribution in [3.05, 3.63) is 26.9 Å². The first-order valence-corrected chi connectivity index (χ1v) is 3.93. The second-order valence-corrected chi connectivity index (χ2v) is 2.90. The Kier molecular flexibility index (Phi) is 3.13. The lowest BCUT2D eigenvalue weighted by atomic mass is 10.4. The number of nitro groups is 1. The number of ether oxygens (including phenoxy) is 1. The second-order valence-electron chi connectivity index (χ2n) is 1.99. The van der Waals surface area contributed by atoms with Gasteiger partial charge in [-0.2, -0.15) is 0 Å². The van der Waals surface area contributed by atoms with Crippen LogP contribution in [0, 0.1) is 10.1 Å². The lowest BCUT2D eigenvalue weighted by Gasteiger charge is -2.01. The van der Waals surface area contributed by atoms with Crippen LogP contribution in [0.3, 0.4) is 0 Å². The van der Waals surface area contributed by atoms with Gasteiger partial charge in [0.05, 0.1) is 4.47 Å². The first-order chi connectivity index (χ1) is 6.15. The molecule has 0 aliphatic carbocycles. The first kappa shape index (κ1) is 9.85. The molecule has 0 spiro atoms. The molecule has 0 radical (unpaired) electrons. The van der Waals surface area contributed by atoms with Gasteiger partial charge in [0.2, 0.25) is 12.6 Å². The van der Waals surface area contributed by atoms with Gasteiger partial charge >= 0.3 is 5.82 Å². The molecule has 0 aliphatic heterocycles. The van der Waals surface area contributed by atoms with Crippen LogP contribution in [-0.4, -0.2) is 16.8 Å². The fourth-order valence-electron chi connectivity index (χ4n) is 0.716. The van der Waals surface area contributed by atoms with Crippen molar-refractivity contribution in [2.24, 2.45) is 0 Å². The maximum absolute atomic E-state index is 11.8. The molecule has 1 aromatic rings. The van der Waals surface area contributed by atoms with Crippen LogP contribution >= 0.6 is 15.9 Å². The van der Waals surface area contributed by atoms with E-state index in [2.05, 4.69) is 25.7 Å². The predicted molar refractivity (Wildman–Crippen MR) is 45.2 cm³/mol. The Morgan fingerprint density at radius 2 is 2.46 bits per heavy atom. The van der Waals surface area contributed by atoms with E-state index in [1.54, 1.807) is 0 Å². The van der Waals surface area contributed by atoms with E-state index >= 15 is 0 Å². The number of hydrogen-bond acceptors (Lipinski definition) is 4. The van der Waals surface area contributed by atoms with Crippen molar-refractivity contribution in [2.45, 2.75) is 0 Å². The maximum Gasteiger partial charge on any atom is 0.406 e. The van der Waals surface area contributed by atoms with Gasteiger partial charge in [-0.05, 0) is 25.8 Å². The number of rotatable bonds is 3. The van der Waals surface area contributed by atoms with Crippen molar-refractivity contribution in [3.63, 3.8) is 0 Å². The third-order valence-electron chi connectivity index (χ3n) is 1.18. The molecule has 0 saturated carbocycles. The molecule has 0 N–H and O–H groups in total. The highest BCUT2D eigenvalue weighted by atomic mass is 79.9. The number of halogens is 2. The Hall–Kier alpha value is -1.24. The summed E-state index contributed by atoms with van der Waals surface area (Å²) in [6, 6.07) is 1.28. The van der Waals surface area contributed by atoms with E-state index in [9.17, 15) is 14.5 Å². The van der Waals surface area contributed by atoms with Gasteiger partial charge in [-0.15, -0.1) is 0 Å². The zero-order chi connectivity index (χ0) is 9.84. The van der Waals surface area contributed by atoms with Crippen molar-refractivity contribution < 1.29 is 14.1 Å². The van der Waals surface area contributed by atoms with Crippen LogP contribution in [0.1, 0.15) is 0 Å². The van der Waals surface area contributed by atoms with Gasteiger partial charge in [-0.1, -0.05) is 0 Å². The van der Waals surface area contributed by atoms with Gasteiger partial charge in [0.25, 0.3) is 0 Å². The molecule has 0 atom stereocenters. The molecule has 0 aromatic carbocycles. The second kappa shape index (κ2) is 4.13. The molecule has 1 rings (SSSR count). The fraction of sp³-hybridized carbons (Fsp3) is 0.167. The molecule has 1 aromatic heterocycles. The fourth-order valence-corrected chi connectivity index (χ4v) is 1.03. The Bertz CT molecular complexity index is 334. The summed E-state index contributed by atoms with van der Waals surface area (Å²) in [5.74, 6) is -0.692. The van der Waals surface area contributed by atoms with Gasteiger partial charge in [-0.3, -0.25) is 0 Å². The van der Waals surface area contributed by atoms with Gasteiger partial charge in [0.15, 0.2) is 6.20 Å². The van der Waals surface area contributed by atoms with Crippen LogP contribution in [0.15, 0.2) is 16.7 Å². The molecule has 0 amide bonds. The van der Waals surface area contributed by atoms with E-state index in [4.69, 9.17) is 0 Å². The van der Waals surface area contributed by atoms with E-state index in [1.165, 1.54) is 12.3 Å². The minimum absolute atomic E-state index is 0.193. The number of nitrogens with zero attached hydrogens (tertiary/aromatic N) is 2. The van der Waals surface area contributed by atoms with Crippen LogP contribution in [0.2, 0.25) is 0 Å². The van der Waals surface area contributed by atoms with Crippen molar-refractivity contribution in [3.8, 4) is 5.75 Å². The van der Waals surface area contributed by atoms with E-state index in [0.29, 0.717) is 4.47 Å². The summed E-state index contributed by atoms with van der Waals surface area (Å²) in [5, 5.41) is 10.3. The lowest BCUT2D eigenvalue weighted by molar-refractivity contribution is -0.390. The molecule has 70 valence electrons. The monoisotopic (exact) mass is 250 g/mol. The average Bonchev–Trinajstić information content (AvgIpc) is 2.04. The largest absolute Gasteiger partial charge is 0.454 e. The molecule has 1 heterocycles. The van der Waals surface area contributed by atoms with Crippen molar-refractivity contribution in [1.29, 1.82) is 0 Å². The quantitative estimate of drug-likeness (QED) is 0.609. The van der Waals surface area contributed by atoms with Gasteiger partial charge in [0, 0.05) is 6.07 Å². The van der Waals surface area contributed by atoms with Crippen LogP contribution in [0.5, 0.6) is 5.75 Å². The summed E-state index contributed by atoms with van der Waals surface area (Å²) in [7, 11) is 0. The minimum atomic E-state index is -1.13. The van der Waals surface area contributed by atoms with Crippen LogP contribution in [0.25, 0.3) is 0 Å². The Balaban J connectivity index is 3.10. The SMILES string of the molecule is O=[N+]([O-])c1ncc(Br)cc1OCF. The summed E-state index contributed by atoms with van der Waals surface area (Å²) < 4.78 is 16.6. The first-order valence-electron chi connectivity index (χ1n) is 3.14. The Morgan fingerprint density at radius 3 is 3.00 bits per heavy atom. The molecule has 0 aliphatic rings. The van der Waals surface area contributed by atoms with Crippen molar-refractivity contribution >= 4 is 21.7 Å². The standard InChI is InChI=1S/C6H4BrFN2O3/c7-4-1-5(13-3-8)6(9-2-4)10(11)12/h1-2H,3H2. The smallest absolute Gasteiger partial charge is 0.406 e. The van der Waals surface area contributed by atoms with Crippen LogP contribution in [-0.2, 0) is 0 Å². The molecule has 0 saturated heterocycles. The van der Waals surface area contributed by atoms with Gasteiger partial charge in [-0.25, -0.2) is 4.39 Å². The van der Waals surface area contributed by atoms with E-state index in [0.717, 1.165) is 0 Å². The van der Waals surface area contributed by atoms with Crippen molar-refractivity contribution in [2.75, 3.05) is 6.86 Å². The average molecular weight is 251 g/mol. The van der Waals surface area contributed by atoms with Crippen molar-refractivity contribution in [1.82, 2.24) is 4.98 Å². The van der Waals surface area contributed by atoms with E-state index in [-0.39, 0.29) is 5.75 Å². The zero-order valence-corrected chi connectivity index (χ0v) is 7.82. The number of hydrogen-bond donors (Lipinski definition) is 0. The maximum atomic E-state index is 11.8. The lowest BCUT2D eigenvalue weighted by Crippen LogP contribution is -1.98. The highest BCUT2D eigenvalue weighted by molar-refractivity contribution is 9.10. The summed E-state index contributed by atoms with van der Waals surface area (Å²) in [6.07, 6.45) is 1.24. The molecule has 13 heavy (non-hydrogen) atoms. The van der Waals surface area contributed by atoms with Crippen LogP contribution in [0.4, 0.5) is 10.2 Å².